The van der Waals surface area contributed by atoms with Crippen LogP contribution in [0.15, 0.2) is 0 Å². The van der Waals surface area contributed by atoms with Crippen LogP contribution in [0, 0.1) is 0 Å². The molecule has 1 saturated heterocycles. The van der Waals surface area contributed by atoms with Crippen LogP contribution in [0.2, 0.25) is 0 Å². The molecule has 0 saturated carbocycles. The lowest BCUT2D eigenvalue weighted by Gasteiger charge is -2.28. The molecule has 0 aromatic heterocycles. The summed E-state index contributed by atoms with van der Waals surface area (Å²) in [5.41, 5.74) is 0. The lowest BCUT2D eigenvalue weighted by Crippen LogP contribution is -2.45. The first-order valence-corrected chi connectivity index (χ1v) is 7.46. The highest BCUT2D eigenvalue weighted by Gasteiger charge is 2.31. The minimum absolute atomic E-state index is 0.0280. The molecule has 1 fully saturated rings. The summed E-state index contributed by atoms with van der Waals surface area (Å²) in [5, 5.41) is 9.21. The Balaban J connectivity index is 2.64. The molecular weight excluding hydrogens is 250 g/mol. The Labute approximate surface area is 113 Å². The van der Waals surface area contributed by atoms with Crippen LogP contribution in [-0.2, 0) is 9.59 Å². The molecule has 1 unspecified atom stereocenters. The van der Waals surface area contributed by atoms with Gasteiger partial charge in [0, 0.05) is 11.3 Å². The Kier molecular flexibility index (Phi) is 5.50. The highest BCUT2D eigenvalue weighted by Crippen LogP contribution is 2.25. The fourth-order valence-electron chi connectivity index (χ4n) is 2.02. The maximum absolute atomic E-state index is 12.2. The zero-order valence-corrected chi connectivity index (χ0v) is 12.3. The number of rotatable bonds is 3. The average molecular weight is 273 g/mol. The van der Waals surface area contributed by atoms with E-state index in [9.17, 15) is 14.7 Å². The van der Waals surface area contributed by atoms with Crippen LogP contribution in [0.3, 0.4) is 0 Å². The van der Waals surface area contributed by atoms with Crippen molar-refractivity contribution >= 4 is 23.6 Å². The van der Waals surface area contributed by atoms with Crippen molar-refractivity contribution in [1.29, 1.82) is 0 Å². The summed E-state index contributed by atoms with van der Waals surface area (Å²) in [6.07, 6.45) is 3.41. The zero-order chi connectivity index (χ0) is 13.8. The second-order valence-corrected chi connectivity index (χ2v) is 7.49. The van der Waals surface area contributed by atoms with Gasteiger partial charge in [-0.25, -0.2) is 4.79 Å². The molecule has 18 heavy (non-hydrogen) atoms. The summed E-state index contributed by atoms with van der Waals surface area (Å²) < 4.78 is 0.0280. The normalized spacial score (nSPS) is 21.5. The smallest absolute Gasteiger partial charge is 0.326 e. The lowest BCUT2D eigenvalue weighted by atomic mass is 10.1. The second kappa shape index (κ2) is 6.45. The number of thioether (sulfide) groups is 1. The molecule has 0 radical (unpaired) electrons. The van der Waals surface area contributed by atoms with E-state index in [-0.39, 0.29) is 10.7 Å². The Bertz CT molecular complexity index is 312. The molecule has 0 aromatic rings. The molecule has 0 bridgehead atoms. The highest BCUT2D eigenvalue weighted by molar-refractivity contribution is 8.01. The first-order chi connectivity index (χ1) is 8.31. The van der Waals surface area contributed by atoms with Gasteiger partial charge in [-0.15, -0.1) is 11.8 Å². The monoisotopic (exact) mass is 273 g/mol. The van der Waals surface area contributed by atoms with Gasteiger partial charge in [-0.3, -0.25) is 4.79 Å². The van der Waals surface area contributed by atoms with Crippen molar-refractivity contribution in [3.05, 3.63) is 0 Å². The summed E-state index contributed by atoms with van der Waals surface area (Å²) in [6.45, 7) is 6.76. The molecule has 1 rings (SSSR count). The van der Waals surface area contributed by atoms with Gasteiger partial charge in [-0.1, -0.05) is 33.6 Å². The van der Waals surface area contributed by atoms with Crippen LogP contribution >= 0.6 is 11.8 Å². The van der Waals surface area contributed by atoms with E-state index in [0.29, 0.717) is 18.7 Å². The largest absolute Gasteiger partial charge is 0.480 e. The number of likely N-dealkylation sites (tertiary alicyclic amines) is 1. The van der Waals surface area contributed by atoms with Gasteiger partial charge in [-0.05, 0) is 12.8 Å². The molecule has 1 amide bonds. The van der Waals surface area contributed by atoms with E-state index in [1.54, 1.807) is 16.7 Å². The number of carboxylic acid groups (broad SMARTS) is 1. The number of carbonyl (C=O) groups excluding carboxylic acids is 1. The Morgan fingerprint density at radius 3 is 2.50 bits per heavy atom. The number of aliphatic carboxylic acids is 1. The number of hydrogen-bond acceptors (Lipinski definition) is 3. The van der Waals surface area contributed by atoms with Crippen molar-refractivity contribution < 1.29 is 14.7 Å². The molecule has 0 spiro atoms. The molecule has 1 aliphatic rings. The standard InChI is InChI=1S/C13H23NO3S/c1-13(2,3)18-9-11(15)14-8-6-4-5-7-10(14)12(16)17/h10H,4-9H2,1-3H3,(H,16,17). The summed E-state index contributed by atoms with van der Waals surface area (Å²) >= 11 is 1.57. The van der Waals surface area contributed by atoms with Crippen LogP contribution in [0.5, 0.6) is 0 Å². The van der Waals surface area contributed by atoms with Crippen LogP contribution in [0.1, 0.15) is 46.5 Å². The number of hydrogen-bond donors (Lipinski definition) is 1. The molecule has 1 N–H and O–H groups in total. The van der Waals surface area contributed by atoms with Gasteiger partial charge in [0.2, 0.25) is 5.91 Å². The van der Waals surface area contributed by atoms with Crippen molar-refractivity contribution in [2.24, 2.45) is 0 Å². The predicted molar refractivity (Wildman–Crippen MR) is 73.8 cm³/mol. The van der Waals surface area contributed by atoms with E-state index in [1.807, 2.05) is 0 Å². The third-order valence-electron chi connectivity index (χ3n) is 2.99. The van der Waals surface area contributed by atoms with Crippen LogP contribution < -0.4 is 0 Å². The maximum atomic E-state index is 12.2. The highest BCUT2D eigenvalue weighted by atomic mass is 32.2. The van der Waals surface area contributed by atoms with Crippen molar-refractivity contribution in [3.63, 3.8) is 0 Å². The Hall–Kier alpha value is -0.710. The second-order valence-electron chi connectivity index (χ2n) is 5.69. The third kappa shape index (κ3) is 4.88. The molecule has 104 valence electrons. The summed E-state index contributed by atoms with van der Waals surface area (Å²) in [7, 11) is 0. The van der Waals surface area contributed by atoms with E-state index >= 15 is 0 Å². The Morgan fingerprint density at radius 1 is 1.28 bits per heavy atom. The number of carboxylic acids is 1. The maximum Gasteiger partial charge on any atom is 0.326 e. The van der Waals surface area contributed by atoms with E-state index in [1.165, 1.54) is 0 Å². The molecule has 1 atom stereocenters. The van der Waals surface area contributed by atoms with Gasteiger partial charge >= 0.3 is 5.97 Å². The van der Waals surface area contributed by atoms with Gasteiger partial charge in [0.15, 0.2) is 0 Å². The molecule has 1 heterocycles. The zero-order valence-electron chi connectivity index (χ0n) is 11.4. The lowest BCUT2D eigenvalue weighted by molar-refractivity contribution is -0.149. The van der Waals surface area contributed by atoms with E-state index in [4.69, 9.17) is 0 Å². The Morgan fingerprint density at radius 2 is 1.94 bits per heavy atom. The van der Waals surface area contributed by atoms with Crippen LogP contribution in [0.4, 0.5) is 0 Å². The van der Waals surface area contributed by atoms with E-state index in [2.05, 4.69) is 20.8 Å². The van der Waals surface area contributed by atoms with Crippen molar-refractivity contribution in [3.8, 4) is 0 Å². The van der Waals surface area contributed by atoms with Crippen molar-refractivity contribution in [2.75, 3.05) is 12.3 Å². The predicted octanol–water partition coefficient (Wildman–Crippen LogP) is 2.37. The van der Waals surface area contributed by atoms with E-state index in [0.717, 1.165) is 19.3 Å². The fourth-order valence-corrected chi connectivity index (χ4v) is 2.75. The SMILES string of the molecule is CC(C)(C)SCC(=O)N1CCCCCC1C(=O)O. The topological polar surface area (TPSA) is 57.6 Å². The molecule has 4 nitrogen and oxygen atoms in total. The van der Waals surface area contributed by atoms with Crippen LogP contribution in [-0.4, -0.2) is 45.0 Å². The van der Waals surface area contributed by atoms with Gasteiger partial charge in [0.25, 0.3) is 0 Å². The van der Waals surface area contributed by atoms with E-state index < -0.39 is 12.0 Å². The molecule has 5 heteroatoms. The molecule has 1 aliphatic heterocycles. The minimum atomic E-state index is -0.869. The molecule has 0 aliphatic carbocycles. The van der Waals surface area contributed by atoms with Gasteiger partial charge < -0.3 is 10.0 Å². The summed E-state index contributed by atoms with van der Waals surface area (Å²) in [6, 6.07) is -0.624. The van der Waals surface area contributed by atoms with Crippen molar-refractivity contribution in [2.45, 2.75) is 57.2 Å². The summed E-state index contributed by atoms with van der Waals surface area (Å²) in [4.78, 5) is 24.9. The summed E-state index contributed by atoms with van der Waals surface area (Å²) in [5.74, 6) is -0.539. The number of nitrogens with zero attached hydrogens (tertiary/aromatic N) is 1. The molecule has 0 aromatic carbocycles. The van der Waals surface area contributed by atoms with Gasteiger partial charge in [0.1, 0.15) is 6.04 Å². The first kappa shape index (κ1) is 15.3. The first-order valence-electron chi connectivity index (χ1n) is 6.47. The number of carbonyl (C=O) groups is 2. The minimum Gasteiger partial charge on any atom is -0.480 e. The fraction of sp³-hybridized carbons (Fsp3) is 0.846. The average Bonchev–Trinajstić information content (AvgIpc) is 2.49. The van der Waals surface area contributed by atoms with Gasteiger partial charge in [0.05, 0.1) is 5.75 Å². The number of amides is 1. The van der Waals surface area contributed by atoms with Crippen molar-refractivity contribution in [1.82, 2.24) is 4.90 Å². The third-order valence-corrected chi connectivity index (χ3v) is 4.24. The van der Waals surface area contributed by atoms with Crippen LogP contribution in [0.25, 0.3) is 0 Å². The quantitative estimate of drug-likeness (QED) is 0.857. The van der Waals surface area contributed by atoms with Gasteiger partial charge in [-0.2, -0.15) is 0 Å². The molecular formula is C13H23NO3S.